The van der Waals surface area contributed by atoms with E-state index in [1.165, 1.54) is 5.56 Å². The number of hydrogen-bond acceptors (Lipinski definition) is 3. The number of nitrogens with one attached hydrogen (secondary N) is 1. The Morgan fingerprint density at radius 3 is 2.16 bits per heavy atom. The van der Waals surface area contributed by atoms with Crippen LogP contribution in [0.25, 0.3) is 0 Å². The van der Waals surface area contributed by atoms with Crippen LogP contribution in [-0.2, 0) is 6.42 Å². The Morgan fingerprint density at radius 1 is 1.05 bits per heavy atom. The molecular weight excluding hydrogens is 238 g/mol. The maximum atomic E-state index is 12.1. The summed E-state index contributed by atoms with van der Waals surface area (Å²) in [5.41, 5.74) is 14.7. The van der Waals surface area contributed by atoms with Crippen LogP contribution in [0.2, 0.25) is 0 Å². The first-order chi connectivity index (χ1) is 9.08. The Labute approximate surface area is 112 Å². The fourth-order valence-corrected chi connectivity index (χ4v) is 1.83. The predicted molar refractivity (Wildman–Crippen MR) is 79.0 cm³/mol. The molecule has 0 atom stereocenters. The molecule has 5 N–H and O–H groups in total. The van der Waals surface area contributed by atoms with E-state index in [0.29, 0.717) is 16.9 Å². The lowest BCUT2D eigenvalue weighted by atomic mass is 10.1. The summed E-state index contributed by atoms with van der Waals surface area (Å²) in [6, 6.07) is 12.6. The first-order valence-corrected chi connectivity index (χ1v) is 6.15. The van der Waals surface area contributed by atoms with Gasteiger partial charge in [-0.25, -0.2) is 0 Å². The standard InChI is InChI=1S/C15H17N3O/c1-2-10-3-5-14(6-4-10)18-15(19)11-7-12(16)9-13(17)8-11/h3-9H,2,16-17H2,1H3,(H,18,19). The first-order valence-electron chi connectivity index (χ1n) is 6.15. The summed E-state index contributed by atoms with van der Waals surface area (Å²) in [6.45, 7) is 2.09. The van der Waals surface area contributed by atoms with Crippen molar-refractivity contribution in [3.8, 4) is 0 Å². The number of nitrogen functional groups attached to an aromatic ring is 2. The Hall–Kier alpha value is -2.49. The second-order valence-corrected chi connectivity index (χ2v) is 4.39. The third kappa shape index (κ3) is 3.25. The molecule has 0 aliphatic rings. The first kappa shape index (κ1) is 13.0. The molecule has 0 aromatic heterocycles. The van der Waals surface area contributed by atoms with Crippen LogP contribution in [0.1, 0.15) is 22.8 Å². The minimum Gasteiger partial charge on any atom is -0.399 e. The van der Waals surface area contributed by atoms with Gasteiger partial charge in [-0.05, 0) is 42.3 Å². The third-order valence-electron chi connectivity index (χ3n) is 2.86. The largest absolute Gasteiger partial charge is 0.399 e. The summed E-state index contributed by atoms with van der Waals surface area (Å²) in [7, 11) is 0. The lowest BCUT2D eigenvalue weighted by Crippen LogP contribution is -2.12. The van der Waals surface area contributed by atoms with Gasteiger partial charge in [0.1, 0.15) is 0 Å². The van der Waals surface area contributed by atoms with Crippen LogP contribution in [0.3, 0.4) is 0 Å². The van der Waals surface area contributed by atoms with Crippen molar-refractivity contribution in [3.05, 3.63) is 53.6 Å². The molecule has 4 heteroatoms. The highest BCUT2D eigenvalue weighted by Gasteiger charge is 2.07. The maximum Gasteiger partial charge on any atom is 0.255 e. The molecule has 2 rings (SSSR count). The van der Waals surface area contributed by atoms with Gasteiger partial charge >= 0.3 is 0 Å². The predicted octanol–water partition coefficient (Wildman–Crippen LogP) is 2.67. The molecule has 0 radical (unpaired) electrons. The molecule has 0 aliphatic heterocycles. The Bertz CT molecular complexity index is 571. The highest BCUT2D eigenvalue weighted by molar-refractivity contribution is 6.05. The number of hydrogen-bond donors (Lipinski definition) is 3. The van der Waals surface area contributed by atoms with Crippen molar-refractivity contribution in [3.63, 3.8) is 0 Å². The van der Waals surface area contributed by atoms with Gasteiger partial charge in [0.25, 0.3) is 5.91 Å². The lowest BCUT2D eigenvalue weighted by Gasteiger charge is -2.07. The average Bonchev–Trinajstić information content (AvgIpc) is 2.38. The fourth-order valence-electron chi connectivity index (χ4n) is 1.83. The monoisotopic (exact) mass is 255 g/mol. The number of carbonyl (C=O) groups excluding carboxylic acids is 1. The van der Waals surface area contributed by atoms with Crippen LogP contribution < -0.4 is 16.8 Å². The zero-order valence-corrected chi connectivity index (χ0v) is 10.8. The molecule has 2 aromatic carbocycles. The smallest absolute Gasteiger partial charge is 0.255 e. The molecule has 2 aromatic rings. The van der Waals surface area contributed by atoms with Crippen molar-refractivity contribution >= 4 is 23.0 Å². The van der Waals surface area contributed by atoms with Gasteiger partial charge in [0.15, 0.2) is 0 Å². The molecule has 0 saturated carbocycles. The summed E-state index contributed by atoms with van der Waals surface area (Å²) in [5.74, 6) is -0.219. The maximum absolute atomic E-state index is 12.1. The van der Waals surface area contributed by atoms with E-state index in [0.717, 1.165) is 12.1 Å². The van der Waals surface area contributed by atoms with Crippen molar-refractivity contribution in [2.24, 2.45) is 0 Å². The van der Waals surface area contributed by atoms with Crippen molar-refractivity contribution in [2.45, 2.75) is 13.3 Å². The SMILES string of the molecule is CCc1ccc(NC(=O)c2cc(N)cc(N)c2)cc1. The summed E-state index contributed by atoms with van der Waals surface area (Å²) in [5, 5.41) is 2.81. The molecule has 0 heterocycles. The van der Waals surface area contributed by atoms with Crippen LogP contribution in [-0.4, -0.2) is 5.91 Å². The molecule has 4 nitrogen and oxygen atoms in total. The topological polar surface area (TPSA) is 81.1 Å². The fraction of sp³-hybridized carbons (Fsp3) is 0.133. The molecule has 1 amide bonds. The molecule has 0 bridgehead atoms. The van der Waals surface area contributed by atoms with Gasteiger partial charge in [0.05, 0.1) is 0 Å². The minimum absolute atomic E-state index is 0.219. The summed E-state index contributed by atoms with van der Waals surface area (Å²) in [4.78, 5) is 12.1. The van der Waals surface area contributed by atoms with Gasteiger partial charge in [-0.1, -0.05) is 19.1 Å². The normalized spacial score (nSPS) is 10.2. The Balaban J connectivity index is 2.15. The molecule has 98 valence electrons. The highest BCUT2D eigenvalue weighted by Crippen LogP contribution is 2.16. The molecule has 0 unspecified atom stereocenters. The van der Waals surface area contributed by atoms with E-state index in [1.807, 2.05) is 24.3 Å². The number of amides is 1. The van der Waals surface area contributed by atoms with Crippen LogP contribution in [0.15, 0.2) is 42.5 Å². The summed E-state index contributed by atoms with van der Waals surface area (Å²) < 4.78 is 0. The van der Waals surface area contributed by atoms with Gasteiger partial charge in [0, 0.05) is 22.6 Å². The van der Waals surface area contributed by atoms with Crippen molar-refractivity contribution in [1.82, 2.24) is 0 Å². The van der Waals surface area contributed by atoms with Crippen molar-refractivity contribution in [2.75, 3.05) is 16.8 Å². The number of rotatable bonds is 3. The van der Waals surface area contributed by atoms with Crippen LogP contribution in [0.5, 0.6) is 0 Å². The molecule has 0 spiro atoms. The van der Waals surface area contributed by atoms with E-state index in [1.54, 1.807) is 18.2 Å². The van der Waals surface area contributed by atoms with Crippen molar-refractivity contribution in [1.29, 1.82) is 0 Å². The van der Waals surface area contributed by atoms with Crippen LogP contribution in [0.4, 0.5) is 17.1 Å². The van der Waals surface area contributed by atoms with Gasteiger partial charge in [0.2, 0.25) is 0 Å². The molecular formula is C15H17N3O. The Morgan fingerprint density at radius 2 is 1.63 bits per heavy atom. The zero-order valence-electron chi connectivity index (χ0n) is 10.8. The van der Waals surface area contributed by atoms with Crippen molar-refractivity contribution < 1.29 is 4.79 Å². The third-order valence-corrected chi connectivity index (χ3v) is 2.86. The number of nitrogens with two attached hydrogens (primary N) is 2. The summed E-state index contributed by atoms with van der Waals surface area (Å²) in [6.07, 6.45) is 0.972. The van der Waals surface area contributed by atoms with E-state index in [2.05, 4.69) is 12.2 Å². The average molecular weight is 255 g/mol. The Kier molecular flexibility index (Phi) is 3.71. The van der Waals surface area contributed by atoms with Gasteiger partial charge in [-0.3, -0.25) is 4.79 Å². The van der Waals surface area contributed by atoms with E-state index >= 15 is 0 Å². The molecule has 0 saturated heterocycles. The van der Waals surface area contributed by atoms with Gasteiger partial charge in [-0.15, -0.1) is 0 Å². The molecule has 19 heavy (non-hydrogen) atoms. The minimum atomic E-state index is -0.219. The van der Waals surface area contributed by atoms with Gasteiger partial charge < -0.3 is 16.8 Å². The second-order valence-electron chi connectivity index (χ2n) is 4.39. The van der Waals surface area contributed by atoms with E-state index in [4.69, 9.17) is 11.5 Å². The quantitative estimate of drug-likeness (QED) is 0.737. The van der Waals surface area contributed by atoms with Crippen LogP contribution >= 0.6 is 0 Å². The number of benzene rings is 2. The number of carbonyl (C=O) groups is 1. The molecule has 0 aliphatic carbocycles. The van der Waals surface area contributed by atoms with E-state index in [9.17, 15) is 4.79 Å². The lowest BCUT2D eigenvalue weighted by molar-refractivity contribution is 0.102. The van der Waals surface area contributed by atoms with Crippen LogP contribution in [0, 0.1) is 0 Å². The highest BCUT2D eigenvalue weighted by atomic mass is 16.1. The van der Waals surface area contributed by atoms with E-state index < -0.39 is 0 Å². The number of aryl methyl sites for hydroxylation is 1. The second kappa shape index (κ2) is 5.44. The molecule has 0 fully saturated rings. The van der Waals surface area contributed by atoms with Gasteiger partial charge in [-0.2, -0.15) is 0 Å². The summed E-state index contributed by atoms with van der Waals surface area (Å²) >= 11 is 0. The zero-order chi connectivity index (χ0) is 13.8. The number of anilines is 3. The van der Waals surface area contributed by atoms with E-state index in [-0.39, 0.29) is 5.91 Å².